The maximum atomic E-state index is 9.98. The molecule has 4 heteroatoms. The second kappa shape index (κ2) is 8.36. The van der Waals surface area contributed by atoms with Gasteiger partial charge >= 0.3 is 0 Å². The highest BCUT2D eigenvalue weighted by molar-refractivity contribution is 8.00. The van der Waals surface area contributed by atoms with E-state index in [0.717, 1.165) is 30.8 Å². The number of benzene rings is 2. The average molecular weight is 372 g/mol. The number of aromatic hydroxyl groups is 1. The molecule has 2 atom stereocenters. The molecule has 1 aliphatic rings. The largest absolute Gasteiger partial charge is 0.508 e. The molecule has 3 N–H and O–H groups in total. The quantitative estimate of drug-likeness (QED) is 0.703. The molecule has 0 saturated heterocycles. The van der Waals surface area contributed by atoms with Crippen LogP contribution in [0.25, 0.3) is 0 Å². The molecule has 0 spiro atoms. The maximum absolute atomic E-state index is 9.98. The van der Waals surface area contributed by atoms with Crippen LogP contribution in [0.4, 0.5) is 0 Å². The van der Waals surface area contributed by atoms with E-state index in [0.29, 0.717) is 17.6 Å². The highest BCUT2D eigenvalue weighted by atomic mass is 32.2. The minimum atomic E-state index is -0.0652. The van der Waals surface area contributed by atoms with Gasteiger partial charge in [0.2, 0.25) is 0 Å². The topological polar surface area (TPSA) is 55.5 Å². The van der Waals surface area contributed by atoms with Gasteiger partial charge in [0.1, 0.15) is 11.5 Å². The van der Waals surface area contributed by atoms with Gasteiger partial charge in [0.05, 0.1) is 6.61 Å². The molecule has 0 heterocycles. The van der Waals surface area contributed by atoms with Crippen molar-refractivity contribution >= 4 is 11.8 Å². The van der Waals surface area contributed by atoms with E-state index in [1.165, 1.54) is 11.1 Å². The second-order valence-electron chi connectivity index (χ2n) is 7.01. The summed E-state index contributed by atoms with van der Waals surface area (Å²) in [6, 6.07) is 15.8. The van der Waals surface area contributed by atoms with Crippen LogP contribution in [-0.2, 0) is 11.8 Å². The normalized spacial score (nSPS) is 21.2. The Hall–Kier alpha value is -1.65. The van der Waals surface area contributed by atoms with Gasteiger partial charge in [-0.3, -0.25) is 0 Å². The zero-order chi connectivity index (χ0) is 18.6. The van der Waals surface area contributed by atoms with E-state index in [9.17, 15) is 5.11 Å². The zero-order valence-electron chi connectivity index (χ0n) is 15.7. The first-order valence-corrected chi connectivity index (χ1v) is 10.5. The molecule has 0 fully saturated rings. The van der Waals surface area contributed by atoms with Gasteiger partial charge in [-0.1, -0.05) is 38.1 Å². The van der Waals surface area contributed by atoms with Gasteiger partial charge in [0, 0.05) is 22.5 Å². The number of phenols is 1. The van der Waals surface area contributed by atoms with Crippen molar-refractivity contribution in [3.05, 3.63) is 59.7 Å². The van der Waals surface area contributed by atoms with Gasteiger partial charge in [-0.15, -0.1) is 0 Å². The molecular formula is C22H29NO2S. The summed E-state index contributed by atoms with van der Waals surface area (Å²) in [5.74, 6) is 2.17. The lowest BCUT2D eigenvalue weighted by Crippen LogP contribution is -2.55. The Morgan fingerprint density at radius 2 is 1.88 bits per heavy atom. The van der Waals surface area contributed by atoms with E-state index in [1.807, 2.05) is 48.2 Å². The number of hydrogen-bond donors (Lipinski definition) is 2. The van der Waals surface area contributed by atoms with Gasteiger partial charge < -0.3 is 15.6 Å². The molecule has 0 bridgehead atoms. The SMILES string of the molecule is CCC1(CC)c2cc(O)ccc2C[C@@H](SCCOc2ccccc2)[C@@H]1N. The lowest BCUT2D eigenvalue weighted by molar-refractivity contribution is 0.289. The number of hydrogen-bond acceptors (Lipinski definition) is 4. The number of nitrogens with two attached hydrogens (primary N) is 1. The van der Waals surface area contributed by atoms with E-state index < -0.39 is 0 Å². The number of rotatable bonds is 7. The number of ether oxygens (including phenoxy) is 1. The van der Waals surface area contributed by atoms with Crippen molar-refractivity contribution < 1.29 is 9.84 Å². The van der Waals surface area contributed by atoms with Crippen molar-refractivity contribution in [2.24, 2.45) is 5.73 Å². The van der Waals surface area contributed by atoms with E-state index in [2.05, 4.69) is 19.9 Å². The van der Waals surface area contributed by atoms with Crippen LogP contribution in [0, 0.1) is 0 Å². The molecule has 0 radical (unpaired) electrons. The molecule has 0 saturated carbocycles. The minimum Gasteiger partial charge on any atom is -0.508 e. The lowest BCUT2D eigenvalue weighted by atomic mass is 9.63. The Labute approximate surface area is 161 Å². The molecule has 0 amide bonds. The predicted octanol–water partition coefficient (Wildman–Crippen LogP) is 4.51. The Kier molecular flexibility index (Phi) is 6.15. The molecule has 2 aromatic carbocycles. The first kappa shape index (κ1) is 19.1. The third kappa shape index (κ3) is 3.72. The number of para-hydroxylation sites is 1. The van der Waals surface area contributed by atoms with E-state index in [4.69, 9.17) is 10.5 Å². The fraction of sp³-hybridized carbons (Fsp3) is 0.455. The number of thioether (sulfide) groups is 1. The minimum absolute atomic E-state index is 0.0652. The molecule has 1 aliphatic carbocycles. The molecular weight excluding hydrogens is 342 g/mol. The van der Waals surface area contributed by atoms with Crippen molar-refractivity contribution in [1.29, 1.82) is 0 Å². The molecule has 2 aromatic rings. The van der Waals surface area contributed by atoms with Gasteiger partial charge in [-0.25, -0.2) is 0 Å². The molecule has 0 aromatic heterocycles. The standard InChI is InChI=1S/C22H29NO2S/c1-3-22(4-2)19-15-17(24)11-10-16(19)14-20(21(22)23)26-13-12-25-18-8-6-5-7-9-18/h5-11,15,20-21,24H,3-4,12-14,23H2,1-2H3/t20-,21+/m1/s1. The van der Waals surface area contributed by atoms with Gasteiger partial charge in [-0.05, 0) is 54.7 Å². The van der Waals surface area contributed by atoms with E-state index in [-0.39, 0.29) is 11.5 Å². The van der Waals surface area contributed by atoms with Crippen LogP contribution in [0.15, 0.2) is 48.5 Å². The Balaban J connectivity index is 1.70. The van der Waals surface area contributed by atoms with Crippen LogP contribution >= 0.6 is 11.8 Å². The highest BCUT2D eigenvalue weighted by Crippen LogP contribution is 2.45. The average Bonchev–Trinajstić information content (AvgIpc) is 2.67. The fourth-order valence-electron chi connectivity index (χ4n) is 4.23. The summed E-state index contributed by atoms with van der Waals surface area (Å²) >= 11 is 1.91. The number of phenolic OH excluding ortho intramolecular Hbond substituents is 1. The summed E-state index contributed by atoms with van der Waals surface area (Å²) in [5, 5.41) is 10.3. The van der Waals surface area contributed by atoms with Crippen LogP contribution in [0.2, 0.25) is 0 Å². The molecule has 3 nitrogen and oxygen atoms in total. The summed E-state index contributed by atoms with van der Waals surface area (Å²) in [5.41, 5.74) is 9.30. The Morgan fingerprint density at radius 3 is 2.58 bits per heavy atom. The first-order valence-electron chi connectivity index (χ1n) is 9.48. The Morgan fingerprint density at radius 1 is 1.15 bits per heavy atom. The van der Waals surface area contributed by atoms with Crippen molar-refractivity contribution in [3.63, 3.8) is 0 Å². The Bertz CT molecular complexity index is 715. The molecule has 140 valence electrons. The van der Waals surface area contributed by atoms with E-state index in [1.54, 1.807) is 6.07 Å². The van der Waals surface area contributed by atoms with Gasteiger partial charge in [0.15, 0.2) is 0 Å². The number of fused-ring (bicyclic) bond motifs is 1. The van der Waals surface area contributed by atoms with Crippen LogP contribution in [0.5, 0.6) is 11.5 Å². The summed E-state index contributed by atoms with van der Waals surface area (Å²) < 4.78 is 5.83. The van der Waals surface area contributed by atoms with Crippen molar-refractivity contribution in [1.82, 2.24) is 0 Å². The van der Waals surface area contributed by atoms with Crippen LogP contribution in [0.3, 0.4) is 0 Å². The van der Waals surface area contributed by atoms with Crippen LogP contribution in [-0.4, -0.2) is 28.8 Å². The molecule has 0 aliphatic heterocycles. The van der Waals surface area contributed by atoms with Gasteiger partial charge in [-0.2, -0.15) is 11.8 Å². The third-order valence-corrected chi connectivity index (χ3v) is 7.07. The van der Waals surface area contributed by atoms with Crippen molar-refractivity contribution in [3.8, 4) is 11.5 Å². The lowest BCUT2D eigenvalue weighted by Gasteiger charge is -2.47. The smallest absolute Gasteiger partial charge is 0.119 e. The zero-order valence-corrected chi connectivity index (χ0v) is 16.5. The van der Waals surface area contributed by atoms with Gasteiger partial charge in [0.25, 0.3) is 0 Å². The summed E-state index contributed by atoms with van der Waals surface area (Å²) in [7, 11) is 0. The highest BCUT2D eigenvalue weighted by Gasteiger charge is 2.44. The molecule has 0 unspecified atom stereocenters. The van der Waals surface area contributed by atoms with E-state index >= 15 is 0 Å². The monoisotopic (exact) mass is 371 g/mol. The molecule has 26 heavy (non-hydrogen) atoms. The van der Waals surface area contributed by atoms with Crippen molar-refractivity contribution in [2.75, 3.05) is 12.4 Å². The summed E-state index contributed by atoms with van der Waals surface area (Å²) in [4.78, 5) is 0. The predicted molar refractivity (Wildman–Crippen MR) is 110 cm³/mol. The van der Waals surface area contributed by atoms with Crippen LogP contribution in [0.1, 0.15) is 37.8 Å². The molecule has 3 rings (SSSR count). The fourth-order valence-corrected chi connectivity index (χ4v) is 5.47. The van der Waals surface area contributed by atoms with Crippen molar-refractivity contribution in [2.45, 2.75) is 49.8 Å². The first-order chi connectivity index (χ1) is 12.6. The third-order valence-electron chi connectivity index (χ3n) is 5.78. The second-order valence-corrected chi connectivity index (χ2v) is 8.35. The summed E-state index contributed by atoms with van der Waals surface area (Å²) in [6.45, 7) is 5.11. The van der Waals surface area contributed by atoms with Crippen LogP contribution < -0.4 is 10.5 Å². The summed E-state index contributed by atoms with van der Waals surface area (Å²) in [6.07, 6.45) is 2.92. The maximum Gasteiger partial charge on any atom is 0.119 e.